The molecule has 0 spiro atoms. The molecule has 3 aromatic heterocycles. The largest absolute Gasteiger partial charge is 0.343 e. The van der Waals surface area contributed by atoms with E-state index in [4.69, 9.17) is 4.52 Å². The van der Waals surface area contributed by atoms with Crippen molar-refractivity contribution in [2.75, 3.05) is 7.05 Å². The second-order valence-electron chi connectivity index (χ2n) is 6.25. The number of carbonyl (C=O) groups is 1. The van der Waals surface area contributed by atoms with E-state index in [0.717, 1.165) is 18.6 Å². The zero-order valence-corrected chi connectivity index (χ0v) is 14.8. The van der Waals surface area contributed by atoms with Gasteiger partial charge < -0.3 is 14.0 Å². The van der Waals surface area contributed by atoms with Gasteiger partial charge in [0.25, 0.3) is 5.91 Å². The number of benzene rings is 1. The van der Waals surface area contributed by atoms with Crippen LogP contribution >= 0.6 is 0 Å². The minimum Gasteiger partial charge on any atom is -0.343 e. The number of fused-ring (bicyclic) bond motifs is 1. The maximum Gasteiger partial charge on any atom is 0.255 e. The van der Waals surface area contributed by atoms with Gasteiger partial charge in [0, 0.05) is 19.8 Å². The molecule has 0 N–H and O–H groups in total. The first-order valence-electron chi connectivity index (χ1n) is 8.56. The summed E-state index contributed by atoms with van der Waals surface area (Å²) in [5, 5.41) is 3.72. The lowest BCUT2D eigenvalue weighted by molar-refractivity contribution is 0.0780. The zero-order chi connectivity index (χ0) is 18.6. The van der Waals surface area contributed by atoms with Crippen LogP contribution in [0.15, 0.2) is 59.8 Å². The average molecular weight is 362 g/mol. The molecule has 0 fully saturated rings. The SMILES string of the molecule is CN(Cc1ncon1)C(=O)c1cnc2c(c1)ncn2CCc1ccccc1. The van der Waals surface area contributed by atoms with E-state index in [1.165, 1.54) is 16.9 Å². The van der Waals surface area contributed by atoms with Crippen molar-refractivity contribution < 1.29 is 9.32 Å². The highest BCUT2D eigenvalue weighted by atomic mass is 16.5. The summed E-state index contributed by atoms with van der Waals surface area (Å²) in [4.78, 5) is 26.9. The zero-order valence-electron chi connectivity index (χ0n) is 14.8. The van der Waals surface area contributed by atoms with Crippen LogP contribution < -0.4 is 0 Å². The number of imidazole rings is 1. The molecular weight excluding hydrogens is 344 g/mol. The minimum absolute atomic E-state index is 0.173. The van der Waals surface area contributed by atoms with Crippen LogP contribution in [-0.4, -0.2) is 42.5 Å². The van der Waals surface area contributed by atoms with Gasteiger partial charge in [0.05, 0.1) is 18.4 Å². The molecule has 0 saturated carbocycles. The molecule has 1 aromatic carbocycles. The second kappa shape index (κ2) is 7.36. The summed E-state index contributed by atoms with van der Waals surface area (Å²) >= 11 is 0. The average Bonchev–Trinajstić information content (AvgIpc) is 3.35. The predicted molar refractivity (Wildman–Crippen MR) is 97.8 cm³/mol. The van der Waals surface area contributed by atoms with Crippen LogP contribution in [0, 0.1) is 0 Å². The van der Waals surface area contributed by atoms with Gasteiger partial charge in [0.15, 0.2) is 11.5 Å². The Kier molecular flexibility index (Phi) is 4.61. The first kappa shape index (κ1) is 16.9. The van der Waals surface area contributed by atoms with E-state index in [9.17, 15) is 4.79 Å². The van der Waals surface area contributed by atoms with Gasteiger partial charge in [-0.3, -0.25) is 4.79 Å². The predicted octanol–water partition coefficient (Wildman–Crippen LogP) is 2.33. The number of aromatic nitrogens is 5. The van der Waals surface area contributed by atoms with E-state index in [1.54, 1.807) is 25.6 Å². The van der Waals surface area contributed by atoms with Crippen molar-refractivity contribution in [1.82, 2.24) is 29.6 Å². The lowest BCUT2D eigenvalue weighted by Gasteiger charge is -2.14. The summed E-state index contributed by atoms with van der Waals surface area (Å²) in [5.41, 5.74) is 3.20. The molecule has 8 nitrogen and oxygen atoms in total. The van der Waals surface area contributed by atoms with Crippen molar-refractivity contribution in [3.8, 4) is 0 Å². The van der Waals surface area contributed by atoms with Crippen molar-refractivity contribution in [1.29, 1.82) is 0 Å². The monoisotopic (exact) mass is 362 g/mol. The summed E-state index contributed by atoms with van der Waals surface area (Å²) < 4.78 is 6.69. The van der Waals surface area contributed by atoms with E-state index >= 15 is 0 Å². The first-order valence-corrected chi connectivity index (χ1v) is 8.56. The third-order valence-electron chi connectivity index (χ3n) is 4.32. The van der Waals surface area contributed by atoms with Crippen LogP contribution in [0.1, 0.15) is 21.7 Å². The topological polar surface area (TPSA) is 89.9 Å². The summed E-state index contributed by atoms with van der Waals surface area (Å²) in [7, 11) is 1.68. The van der Waals surface area contributed by atoms with E-state index in [0.29, 0.717) is 16.9 Å². The van der Waals surface area contributed by atoms with Crippen LogP contribution in [0.5, 0.6) is 0 Å². The standard InChI is InChI=1S/C19H18N6O2/c1-24(11-17-22-13-27-23-17)19(26)15-9-16-18(20-10-15)25(12-21-16)8-7-14-5-3-2-4-6-14/h2-6,9-10,12-13H,7-8,11H2,1H3. The lowest BCUT2D eigenvalue weighted by atomic mass is 10.1. The summed E-state index contributed by atoms with van der Waals surface area (Å²) in [6, 6.07) is 12.0. The fourth-order valence-corrected chi connectivity index (χ4v) is 2.89. The maximum atomic E-state index is 12.6. The Morgan fingerprint density at radius 2 is 2.04 bits per heavy atom. The molecule has 27 heavy (non-hydrogen) atoms. The van der Waals surface area contributed by atoms with Gasteiger partial charge in [-0.05, 0) is 18.1 Å². The van der Waals surface area contributed by atoms with Gasteiger partial charge in [-0.1, -0.05) is 35.5 Å². The number of hydrogen-bond acceptors (Lipinski definition) is 6. The van der Waals surface area contributed by atoms with Gasteiger partial charge in [0.2, 0.25) is 6.39 Å². The number of aryl methyl sites for hydroxylation is 2. The molecule has 0 saturated heterocycles. The number of nitrogens with zero attached hydrogens (tertiary/aromatic N) is 6. The smallest absolute Gasteiger partial charge is 0.255 e. The van der Waals surface area contributed by atoms with Gasteiger partial charge in [-0.15, -0.1) is 0 Å². The number of rotatable bonds is 6. The molecule has 3 heterocycles. The fourth-order valence-electron chi connectivity index (χ4n) is 2.89. The molecule has 136 valence electrons. The van der Waals surface area contributed by atoms with E-state index in [-0.39, 0.29) is 12.5 Å². The summed E-state index contributed by atoms with van der Waals surface area (Å²) in [6.07, 6.45) is 5.47. The van der Waals surface area contributed by atoms with Crippen LogP contribution in [0.25, 0.3) is 11.2 Å². The van der Waals surface area contributed by atoms with Crippen molar-refractivity contribution in [2.45, 2.75) is 19.5 Å². The summed E-state index contributed by atoms with van der Waals surface area (Å²) in [6.45, 7) is 1.04. The number of carbonyl (C=O) groups excluding carboxylic acids is 1. The van der Waals surface area contributed by atoms with E-state index in [1.807, 2.05) is 22.8 Å². The normalized spacial score (nSPS) is 11.0. The second-order valence-corrected chi connectivity index (χ2v) is 6.25. The maximum absolute atomic E-state index is 12.6. The molecule has 0 aliphatic rings. The van der Waals surface area contributed by atoms with Crippen LogP contribution in [0.4, 0.5) is 0 Å². The fraction of sp³-hybridized carbons (Fsp3) is 0.211. The molecule has 0 atom stereocenters. The third kappa shape index (κ3) is 3.69. The summed E-state index contributed by atoms with van der Waals surface area (Å²) in [5.74, 6) is 0.276. The van der Waals surface area contributed by atoms with Gasteiger partial charge >= 0.3 is 0 Å². The molecule has 8 heteroatoms. The Labute approximate surface area is 155 Å². The molecule has 0 unspecified atom stereocenters. The third-order valence-corrected chi connectivity index (χ3v) is 4.32. The number of amides is 1. The Morgan fingerprint density at radius 1 is 1.19 bits per heavy atom. The van der Waals surface area contributed by atoms with Crippen molar-refractivity contribution in [3.63, 3.8) is 0 Å². The Bertz CT molecular complexity index is 1040. The number of hydrogen-bond donors (Lipinski definition) is 0. The van der Waals surface area contributed by atoms with Gasteiger partial charge in [0.1, 0.15) is 5.52 Å². The highest BCUT2D eigenvalue weighted by Crippen LogP contribution is 2.15. The Hall–Kier alpha value is -3.55. The highest BCUT2D eigenvalue weighted by Gasteiger charge is 2.16. The molecule has 0 aliphatic heterocycles. The molecule has 0 radical (unpaired) electrons. The lowest BCUT2D eigenvalue weighted by Crippen LogP contribution is -2.26. The number of pyridine rings is 1. The van der Waals surface area contributed by atoms with Gasteiger partial charge in [-0.25, -0.2) is 9.97 Å². The van der Waals surface area contributed by atoms with Crippen LogP contribution in [0.3, 0.4) is 0 Å². The Morgan fingerprint density at radius 3 is 2.81 bits per heavy atom. The molecule has 0 bridgehead atoms. The molecule has 1 amide bonds. The quantitative estimate of drug-likeness (QED) is 0.523. The Balaban J connectivity index is 1.49. The van der Waals surface area contributed by atoms with Crippen LogP contribution in [0.2, 0.25) is 0 Å². The van der Waals surface area contributed by atoms with Crippen molar-refractivity contribution in [2.24, 2.45) is 0 Å². The highest BCUT2D eigenvalue weighted by molar-refractivity contribution is 5.96. The van der Waals surface area contributed by atoms with Gasteiger partial charge in [-0.2, -0.15) is 4.98 Å². The first-order chi connectivity index (χ1) is 13.2. The molecular formula is C19H18N6O2. The van der Waals surface area contributed by atoms with Crippen molar-refractivity contribution in [3.05, 3.63) is 72.3 Å². The molecule has 4 rings (SSSR count). The van der Waals surface area contributed by atoms with Crippen molar-refractivity contribution >= 4 is 17.1 Å². The molecule has 4 aromatic rings. The van der Waals surface area contributed by atoms with E-state index in [2.05, 4.69) is 32.2 Å². The molecule has 0 aliphatic carbocycles. The minimum atomic E-state index is -0.173. The van der Waals surface area contributed by atoms with E-state index < -0.39 is 0 Å². The van der Waals surface area contributed by atoms with Crippen LogP contribution in [-0.2, 0) is 19.5 Å².